The van der Waals surface area contributed by atoms with Crippen molar-refractivity contribution < 1.29 is 4.74 Å². The van der Waals surface area contributed by atoms with Gasteiger partial charge < -0.3 is 4.74 Å². The van der Waals surface area contributed by atoms with Crippen LogP contribution in [0.15, 0.2) is 16.6 Å². The first-order chi connectivity index (χ1) is 7.20. The van der Waals surface area contributed by atoms with E-state index < -0.39 is 0 Å². The van der Waals surface area contributed by atoms with Crippen LogP contribution in [0.5, 0.6) is 5.75 Å². The number of ether oxygens (including phenoxy) is 1. The lowest BCUT2D eigenvalue weighted by molar-refractivity contribution is 0.298. The van der Waals surface area contributed by atoms with E-state index in [1.807, 2.05) is 19.1 Å². The molecule has 15 heavy (non-hydrogen) atoms. The SMILES string of the molecule is Cc1cc(Br)c(OCC2CC2)cc1C#N. The van der Waals surface area contributed by atoms with Gasteiger partial charge in [0, 0.05) is 0 Å². The molecule has 1 aromatic rings. The van der Waals surface area contributed by atoms with E-state index in [2.05, 4.69) is 22.0 Å². The second kappa shape index (κ2) is 4.24. The molecule has 0 spiro atoms. The highest BCUT2D eigenvalue weighted by Crippen LogP contribution is 2.33. The van der Waals surface area contributed by atoms with E-state index in [-0.39, 0.29) is 0 Å². The van der Waals surface area contributed by atoms with Crippen LogP contribution in [0.4, 0.5) is 0 Å². The molecule has 0 N–H and O–H groups in total. The number of aryl methyl sites for hydroxylation is 1. The summed E-state index contributed by atoms with van der Waals surface area (Å²) in [7, 11) is 0. The van der Waals surface area contributed by atoms with Crippen LogP contribution in [0.2, 0.25) is 0 Å². The summed E-state index contributed by atoms with van der Waals surface area (Å²) in [5.41, 5.74) is 1.66. The summed E-state index contributed by atoms with van der Waals surface area (Å²) < 4.78 is 6.59. The molecule has 1 aliphatic rings. The summed E-state index contributed by atoms with van der Waals surface area (Å²) in [6, 6.07) is 5.90. The smallest absolute Gasteiger partial charge is 0.134 e. The quantitative estimate of drug-likeness (QED) is 0.839. The molecule has 0 radical (unpaired) electrons. The molecule has 0 bridgehead atoms. The lowest BCUT2D eigenvalue weighted by Gasteiger charge is -2.09. The minimum Gasteiger partial charge on any atom is -0.492 e. The Balaban J connectivity index is 2.17. The van der Waals surface area contributed by atoms with Crippen LogP contribution >= 0.6 is 15.9 Å². The number of nitrogens with zero attached hydrogens (tertiary/aromatic N) is 1. The minimum atomic E-state index is 0.684. The molecule has 1 saturated carbocycles. The lowest BCUT2D eigenvalue weighted by Crippen LogP contribution is -2.00. The third kappa shape index (κ3) is 2.51. The van der Waals surface area contributed by atoms with Crippen LogP contribution in [-0.4, -0.2) is 6.61 Å². The van der Waals surface area contributed by atoms with Crippen molar-refractivity contribution in [1.29, 1.82) is 5.26 Å². The molecule has 1 aliphatic carbocycles. The average molecular weight is 266 g/mol. The first-order valence-electron chi connectivity index (χ1n) is 5.03. The summed E-state index contributed by atoms with van der Waals surface area (Å²) in [4.78, 5) is 0. The number of benzene rings is 1. The summed E-state index contributed by atoms with van der Waals surface area (Å²) in [6.07, 6.45) is 2.54. The number of hydrogen-bond acceptors (Lipinski definition) is 2. The molecule has 0 amide bonds. The van der Waals surface area contributed by atoms with Gasteiger partial charge in [-0.15, -0.1) is 0 Å². The molecule has 1 aromatic carbocycles. The Hall–Kier alpha value is -1.01. The topological polar surface area (TPSA) is 33.0 Å². The van der Waals surface area contributed by atoms with E-state index in [4.69, 9.17) is 10.00 Å². The van der Waals surface area contributed by atoms with Gasteiger partial charge in [-0.2, -0.15) is 5.26 Å². The summed E-state index contributed by atoms with van der Waals surface area (Å²) in [5, 5.41) is 8.90. The lowest BCUT2D eigenvalue weighted by atomic mass is 10.1. The molecule has 0 aromatic heterocycles. The van der Waals surface area contributed by atoms with Crippen molar-refractivity contribution in [3.63, 3.8) is 0 Å². The molecule has 2 rings (SSSR count). The molecule has 3 heteroatoms. The first-order valence-corrected chi connectivity index (χ1v) is 5.83. The Morgan fingerprint density at radius 1 is 1.53 bits per heavy atom. The fraction of sp³-hybridized carbons (Fsp3) is 0.417. The van der Waals surface area contributed by atoms with E-state index in [1.54, 1.807) is 0 Å². The van der Waals surface area contributed by atoms with Crippen molar-refractivity contribution in [1.82, 2.24) is 0 Å². The molecule has 0 heterocycles. The maximum Gasteiger partial charge on any atom is 0.134 e. The fourth-order valence-electron chi connectivity index (χ4n) is 1.38. The zero-order valence-corrected chi connectivity index (χ0v) is 10.2. The van der Waals surface area contributed by atoms with Gasteiger partial charge in [0.25, 0.3) is 0 Å². The highest BCUT2D eigenvalue weighted by Gasteiger charge is 2.22. The van der Waals surface area contributed by atoms with Crippen LogP contribution in [-0.2, 0) is 0 Å². The predicted molar refractivity (Wildman–Crippen MR) is 61.8 cm³/mol. The van der Waals surface area contributed by atoms with Crippen molar-refractivity contribution in [3.8, 4) is 11.8 Å². The number of nitriles is 1. The van der Waals surface area contributed by atoms with Crippen LogP contribution in [0, 0.1) is 24.2 Å². The van der Waals surface area contributed by atoms with Crippen LogP contribution < -0.4 is 4.74 Å². The Morgan fingerprint density at radius 2 is 2.27 bits per heavy atom. The molecule has 0 aliphatic heterocycles. The zero-order chi connectivity index (χ0) is 10.8. The molecular formula is C12H12BrNO. The Bertz CT molecular complexity index is 418. The monoisotopic (exact) mass is 265 g/mol. The van der Waals surface area contributed by atoms with Gasteiger partial charge in [-0.1, -0.05) is 0 Å². The van der Waals surface area contributed by atoms with Gasteiger partial charge in [0.05, 0.1) is 22.7 Å². The number of hydrogen-bond donors (Lipinski definition) is 0. The van der Waals surface area contributed by atoms with Crippen LogP contribution in [0.25, 0.3) is 0 Å². The molecule has 0 atom stereocenters. The Labute approximate surface area is 98.0 Å². The van der Waals surface area contributed by atoms with Gasteiger partial charge in [-0.3, -0.25) is 0 Å². The van der Waals surface area contributed by atoms with Crippen molar-refractivity contribution in [3.05, 3.63) is 27.7 Å². The van der Waals surface area contributed by atoms with Crippen LogP contribution in [0.1, 0.15) is 24.0 Å². The standard InChI is InChI=1S/C12H12BrNO/c1-8-4-11(13)12(5-10(8)6-14)15-7-9-2-3-9/h4-5,9H,2-3,7H2,1H3. The van der Waals surface area contributed by atoms with E-state index >= 15 is 0 Å². The fourth-order valence-corrected chi connectivity index (χ4v) is 1.95. The van der Waals surface area contributed by atoms with Gasteiger partial charge in [0.15, 0.2) is 0 Å². The highest BCUT2D eigenvalue weighted by atomic mass is 79.9. The van der Waals surface area contributed by atoms with Gasteiger partial charge >= 0.3 is 0 Å². The van der Waals surface area contributed by atoms with Gasteiger partial charge in [0.1, 0.15) is 5.75 Å². The molecule has 1 fully saturated rings. The van der Waals surface area contributed by atoms with Gasteiger partial charge in [0.2, 0.25) is 0 Å². The number of rotatable bonds is 3. The van der Waals surface area contributed by atoms with E-state index in [0.29, 0.717) is 5.56 Å². The maximum absolute atomic E-state index is 8.90. The summed E-state index contributed by atoms with van der Waals surface area (Å²) in [5.74, 6) is 1.51. The highest BCUT2D eigenvalue weighted by molar-refractivity contribution is 9.10. The molecule has 0 unspecified atom stereocenters. The van der Waals surface area contributed by atoms with Crippen molar-refractivity contribution in [2.45, 2.75) is 19.8 Å². The third-order valence-electron chi connectivity index (χ3n) is 2.57. The number of halogens is 1. The largest absolute Gasteiger partial charge is 0.492 e. The second-order valence-electron chi connectivity index (χ2n) is 3.96. The third-order valence-corrected chi connectivity index (χ3v) is 3.19. The van der Waals surface area contributed by atoms with Crippen molar-refractivity contribution in [2.24, 2.45) is 5.92 Å². The van der Waals surface area contributed by atoms with E-state index in [0.717, 1.165) is 28.3 Å². The second-order valence-corrected chi connectivity index (χ2v) is 4.82. The van der Waals surface area contributed by atoms with Crippen molar-refractivity contribution >= 4 is 15.9 Å². The van der Waals surface area contributed by atoms with Crippen molar-refractivity contribution in [2.75, 3.05) is 6.61 Å². The zero-order valence-electron chi connectivity index (χ0n) is 8.59. The molecule has 2 nitrogen and oxygen atoms in total. The summed E-state index contributed by atoms with van der Waals surface area (Å²) in [6.45, 7) is 2.69. The average Bonchev–Trinajstić information content (AvgIpc) is 3.00. The molecular weight excluding hydrogens is 254 g/mol. The van der Waals surface area contributed by atoms with Crippen LogP contribution in [0.3, 0.4) is 0 Å². The minimum absolute atomic E-state index is 0.684. The normalized spacial score (nSPS) is 14.7. The van der Waals surface area contributed by atoms with Gasteiger partial charge in [-0.25, -0.2) is 0 Å². The predicted octanol–water partition coefficient (Wildman–Crippen LogP) is 3.42. The Morgan fingerprint density at radius 3 is 2.87 bits per heavy atom. The van der Waals surface area contributed by atoms with E-state index in [1.165, 1.54) is 12.8 Å². The Kier molecular flexibility index (Phi) is 2.97. The molecule has 0 saturated heterocycles. The van der Waals surface area contributed by atoms with E-state index in [9.17, 15) is 0 Å². The molecule has 78 valence electrons. The van der Waals surface area contributed by atoms with Gasteiger partial charge in [-0.05, 0) is 59.3 Å². The summed E-state index contributed by atoms with van der Waals surface area (Å²) >= 11 is 3.45. The first kappa shape index (κ1) is 10.5. The maximum atomic E-state index is 8.90.